The first-order chi connectivity index (χ1) is 9.59. The second kappa shape index (κ2) is 4.80. The molecule has 0 spiro atoms. The Labute approximate surface area is 124 Å². The zero-order valence-corrected chi connectivity index (χ0v) is 12.4. The van der Waals surface area contributed by atoms with E-state index in [0.717, 1.165) is 26.8 Å². The van der Waals surface area contributed by atoms with Gasteiger partial charge in [-0.2, -0.15) is 0 Å². The van der Waals surface area contributed by atoms with E-state index in [2.05, 4.69) is 20.3 Å². The summed E-state index contributed by atoms with van der Waals surface area (Å²) in [7, 11) is 0. The molecule has 4 heteroatoms. The smallest absolute Gasteiger partial charge is 0.335 e. The van der Waals surface area contributed by atoms with Crippen LogP contribution >= 0.6 is 15.9 Å². The molecule has 0 aliphatic rings. The minimum atomic E-state index is -0.913. The molecule has 0 unspecified atom stereocenters. The van der Waals surface area contributed by atoms with E-state index in [1.807, 2.05) is 37.4 Å². The quantitative estimate of drug-likeness (QED) is 0.758. The number of benzene rings is 1. The number of pyridine rings is 1. The van der Waals surface area contributed by atoms with Crippen LogP contribution in [0.4, 0.5) is 0 Å². The molecule has 0 aliphatic carbocycles. The highest BCUT2D eigenvalue weighted by atomic mass is 79.9. The van der Waals surface area contributed by atoms with Gasteiger partial charge in [-0.1, -0.05) is 18.2 Å². The number of halogens is 1. The van der Waals surface area contributed by atoms with Gasteiger partial charge in [-0.3, -0.25) is 0 Å². The molecule has 2 aromatic heterocycles. The van der Waals surface area contributed by atoms with Crippen molar-refractivity contribution in [2.24, 2.45) is 0 Å². The monoisotopic (exact) mass is 329 g/mol. The highest BCUT2D eigenvalue weighted by Gasteiger charge is 2.15. The number of aromatic carboxylic acids is 1. The number of carboxylic acids is 1. The minimum Gasteiger partial charge on any atom is -0.478 e. The summed E-state index contributed by atoms with van der Waals surface area (Å²) in [5, 5.41) is 9.13. The van der Waals surface area contributed by atoms with Gasteiger partial charge in [0.15, 0.2) is 0 Å². The second-order valence-corrected chi connectivity index (χ2v) is 5.42. The van der Waals surface area contributed by atoms with E-state index in [-0.39, 0.29) is 0 Å². The maximum absolute atomic E-state index is 11.1. The number of rotatable bonds is 2. The van der Waals surface area contributed by atoms with Gasteiger partial charge in [0, 0.05) is 10.7 Å². The fourth-order valence-electron chi connectivity index (χ4n) is 2.45. The number of fused-ring (bicyclic) bond motifs is 1. The lowest BCUT2D eigenvalue weighted by Gasteiger charge is -2.05. The molecule has 0 aliphatic heterocycles. The van der Waals surface area contributed by atoms with Gasteiger partial charge >= 0.3 is 5.97 Å². The Hall–Kier alpha value is -2.07. The van der Waals surface area contributed by atoms with Crippen molar-refractivity contribution in [1.82, 2.24) is 4.40 Å². The standard InChI is InChI=1S/C16H12BrNO2/c1-10-14(17)13-7-2-3-8-18(13)15(10)11-5-4-6-12(9-11)16(19)20/h2-9H,1H3,(H,19,20). The van der Waals surface area contributed by atoms with Crippen LogP contribution in [-0.4, -0.2) is 15.5 Å². The van der Waals surface area contributed by atoms with Crippen LogP contribution in [-0.2, 0) is 0 Å². The van der Waals surface area contributed by atoms with Gasteiger partial charge in [0.05, 0.1) is 16.8 Å². The van der Waals surface area contributed by atoms with Crippen molar-refractivity contribution in [3.63, 3.8) is 0 Å². The van der Waals surface area contributed by atoms with Gasteiger partial charge in [-0.25, -0.2) is 4.79 Å². The summed E-state index contributed by atoms with van der Waals surface area (Å²) in [6.07, 6.45) is 1.98. The second-order valence-electron chi connectivity index (χ2n) is 4.63. The highest BCUT2D eigenvalue weighted by molar-refractivity contribution is 9.10. The first-order valence-electron chi connectivity index (χ1n) is 6.18. The lowest BCUT2D eigenvalue weighted by atomic mass is 10.1. The average molecular weight is 330 g/mol. The van der Waals surface area contributed by atoms with Gasteiger partial charge in [0.2, 0.25) is 0 Å². The van der Waals surface area contributed by atoms with Crippen molar-refractivity contribution in [3.8, 4) is 11.3 Å². The van der Waals surface area contributed by atoms with Gasteiger partial charge in [-0.15, -0.1) is 0 Å². The number of hydrogen-bond acceptors (Lipinski definition) is 1. The summed E-state index contributed by atoms with van der Waals surface area (Å²) >= 11 is 3.61. The Morgan fingerprint density at radius 2 is 2.00 bits per heavy atom. The molecule has 1 N–H and O–H groups in total. The summed E-state index contributed by atoms with van der Waals surface area (Å²) < 4.78 is 3.11. The molecule has 3 aromatic rings. The van der Waals surface area contributed by atoms with E-state index in [1.165, 1.54) is 0 Å². The molecule has 20 heavy (non-hydrogen) atoms. The fraction of sp³-hybridized carbons (Fsp3) is 0.0625. The summed E-state index contributed by atoms with van der Waals surface area (Å²) in [4.78, 5) is 11.1. The molecule has 3 rings (SSSR count). The molecular weight excluding hydrogens is 318 g/mol. The third kappa shape index (κ3) is 1.93. The van der Waals surface area contributed by atoms with Crippen LogP contribution < -0.4 is 0 Å². The summed E-state index contributed by atoms with van der Waals surface area (Å²) in [6, 6.07) is 13.0. The van der Waals surface area contributed by atoms with Crippen LogP contribution in [0.5, 0.6) is 0 Å². The summed E-state index contributed by atoms with van der Waals surface area (Å²) in [5.74, 6) is -0.913. The highest BCUT2D eigenvalue weighted by Crippen LogP contribution is 2.34. The van der Waals surface area contributed by atoms with Crippen molar-refractivity contribution in [3.05, 3.63) is 64.3 Å². The predicted octanol–water partition coefficient (Wildman–Crippen LogP) is 4.38. The summed E-state index contributed by atoms with van der Waals surface area (Å²) in [6.45, 7) is 2.03. The lowest BCUT2D eigenvalue weighted by molar-refractivity contribution is 0.0697. The van der Waals surface area contributed by atoms with Gasteiger partial charge < -0.3 is 9.51 Å². The Kier molecular flexibility index (Phi) is 3.10. The maximum Gasteiger partial charge on any atom is 0.335 e. The third-order valence-corrected chi connectivity index (χ3v) is 4.39. The van der Waals surface area contributed by atoms with Crippen LogP contribution in [0.15, 0.2) is 53.1 Å². The van der Waals surface area contributed by atoms with Crippen molar-refractivity contribution < 1.29 is 9.90 Å². The summed E-state index contributed by atoms with van der Waals surface area (Å²) in [5.41, 5.74) is 4.37. The van der Waals surface area contributed by atoms with Gasteiger partial charge in [0.25, 0.3) is 0 Å². The maximum atomic E-state index is 11.1. The zero-order chi connectivity index (χ0) is 14.3. The number of hydrogen-bond donors (Lipinski definition) is 1. The Bertz CT molecular complexity index is 820. The number of carboxylic acid groups (broad SMARTS) is 1. The van der Waals surface area contributed by atoms with E-state index in [4.69, 9.17) is 5.11 Å². The number of nitrogens with zero attached hydrogens (tertiary/aromatic N) is 1. The molecule has 100 valence electrons. The van der Waals surface area contributed by atoms with Crippen LogP contribution in [0.3, 0.4) is 0 Å². The fourth-order valence-corrected chi connectivity index (χ4v) is 2.96. The minimum absolute atomic E-state index is 0.295. The molecular formula is C16H12BrNO2. The Morgan fingerprint density at radius 3 is 2.75 bits per heavy atom. The zero-order valence-electron chi connectivity index (χ0n) is 10.8. The third-order valence-electron chi connectivity index (χ3n) is 3.39. The van der Waals surface area contributed by atoms with E-state index in [0.29, 0.717) is 5.56 Å². The van der Waals surface area contributed by atoms with E-state index >= 15 is 0 Å². The normalized spacial score (nSPS) is 10.9. The van der Waals surface area contributed by atoms with E-state index < -0.39 is 5.97 Å². The van der Waals surface area contributed by atoms with Crippen molar-refractivity contribution >= 4 is 27.4 Å². The molecule has 2 heterocycles. The average Bonchev–Trinajstić information content (AvgIpc) is 2.72. The van der Waals surface area contributed by atoms with Crippen LogP contribution in [0, 0.1) is 6.92 Å². The SMILES string of the molecule is Cc1c(Br)c2ccccn2c1-c1cccc(C(=O)O)c1. The molecule has 0 fully saturated rings. The molecule has 0 saturated carbocycles. The Balaban J connectivity index is 2.32. The largest absolute Gasteiger partial charge is 0.478 e. The molecule has 0 bridgehead atoms. The molecule has 3 nitrogen and oxygen atoms in total. The molecule has 0 radical (unpaired) electrons. The topological polar surface area (TPSA) is 41.7 Å². The lowest BCUT2D eigenvalue weighted by Crippen LogP contribution is -1.97. The predicted molar refractivity (Wildman–Crippen MR) is 82.2 cm³/mol. The Morgan fingerprint density at radius 1 is 1.20 bits per heavy atom. The first kappa shape index (κ1) is 12.9. The van der Waals surface area contributed by atoms with Gasteiger partial charge in [-0.05, 0) is 58.2 Å². The first-order valence-corrected chi connectivity index (χ1v) is 6.98. The number of carbonyl (C=O) groups is 1. The van der Waals surface area contributed by atoms with Crippen molar-refractivity contribution in [1.29, 1.82) is 0 Å². The van der Waals surface area contributed by atoms with Crippen LogP contribution in [0.1, 0.15) is 15.9 Å². The van der Waals surface area contributed by atoms with E-state index in [9.17, 15) is 4.79 Å². The van der Waals surface area contributed by atoms with Crippen LogP contribution in [0.2, 0.25) is 0 Å². The molecule has 0 atom stereocenters. The van der Waals surface area contributed by atoms with Crippen LogP contribution in [0.25, 0.3) is 16.8 Å². The number of aromatic nitrogens is 1. The molecule has 0 amide bonds. The van der Waals surface area contributed by atoms with Crippen molar-refractivity contribution in [2.75, 3.05) is 0 Å². The van der Waals surface area contributed by atoms with E-state index in [1.54, 1.807) is 18.2 Å². The van der Waals surface area contributed by atoms with Crippen molar-refractivity contribution in [2.45, 2.75) is 6.92 Å². The molecule has 0 saturated heterocycles. The molecule has 1 aromatic carbocycles. The van der Waals surface area contributed by atoms with Gasteiger partial charge in [0.1, 0.15) is 0 Å².